The molecule has 0 aromatic heterocycles. The highest BCUT2D eigenvalue weighted by Gasteiger charge is 2.10. The number of hydroxylamine groups is 2. The second kappa shape index (κ2) is 6.56. The van der Waals surface area contributed by atoms with Crippen LogP contribution in [0.1, 0.15) is 11.1 Å². The van der Waals surface area contributed by atoms with E-state index in [1.807, 2.05) is 60.7 Å². The Morgan fingerprint density at radius 1 is 0.895 bits per heavy atom. The Bertz CT molecular complexity index is 473. The van der Waals surface area contributed by atoms with Crippen LogP contribution in [0.3, 0.4) is 0 Å². The number of carbonyl (C=O) groups excluding carboxylic acids is 1. The number of rotatable bonds is 5. The second-order valence-corrected chi connectivity index (χ2v) is 4.18. The highest BCUT2D eigenvalue weighted by molar-refractivity contribution is 5.64. The predicted molar refractivity (Wildman–Crippen MR) is 72.8 cm³/mol. The molecule has 0 fully saturated rings. The number of benzene rings is 2. The summed E-state index contributed by atoms with van der Waals surface area (Å²) in [5.41, 5.74) is 7.21. The van der Waals surface area contributed by atoms with Crippen molar-refractivity contribution in [3.8, 4) is 0 Å². The quantitative estimate of drug-likeness (QED) is 0.837. The van der Waals surface area contributed by atoms with Crippen molar-refractivity contribution in [2.45, 2.75) is 13.1 Å². The van der Waals surface area contributed by atoms with Gasteiger partial charge < -0.3 is 10.6 Å². The van der Waals surface area contributed by atoms with E-state index in [1.54, 1.807) is 5.06 Å². The Kier molecular flexibility index (Phi) is 4.53. The molecule has 0 aliphatic heterocycles. The molecular formula is C15H16N2O2. The summed E-state index contributed by atoms with van der Waals surface area (Å²) in [5.74, 6) is 0. The van der Waals surface area contributed by atoms with Crippen molar-refractivity contribution in [1.29, 1.82) is 0 Å². The lowest BCUT2D eigenvalue weighted by molar-refractivity contribution is -0.112. The van der Waals surface area contributed by atoms with E-state index in [0.717, 1.165) is 11.1 Å². The maximum absolute atomic E-state index is 10.9. The first-order valence-electron chi connectivity index (χ1n) is 6.04. The smallest absolute Gasteiger partial charge is 0.351 e. The second-order valence-electron chi connectivity index (χ2n) is 4.18. The highest BCUT2D eigenvalue weighted by Crippen LogP contribution is 2.10. The van der Waals surface area contributed by atoms with Crippen LogP contribution in [0.15, 0.2) is 60.7 Å². The van der Waals surface area contributed by atoms with E-state index in [0.29, 0.717) is 13.1 Å². The van der Waals surface area contributed by atoms with E-state index in [-0.39, 0.29) is 0 Å². The molecule has 4 heteroatoms. The van der Waals surface area contributed by atoms with E-state index < -0.39 is 6.09 Å². The topological polar surface area (TPSA) is 55.6 Å². The molecule has 0 radical (unpaired) electrons. The molecule has 0 spiro atoms. The maximum atomic E-state index is 10.9. The number of amides is 1. The summed E-state index contributed by atoms with van der Waals surface area (Å²) < 4.78 is 0. The van der Waals surface area contributed by atoms with Gasteiger partial charge in [-0.25, -0.2) is 4.79 Å². The Labute approximate surface area is 112 Å². The molecule has 2 aromatic rings. The van der Waals surface area contributed by atoms with Crippen LogP contribution in [0.2, 0.25) is 0 Å². The monoisotopic (exact) mass is 256 g/mol. The summed E-state index contributed by atoms with van der Waals surface area (Å²) in [7, 11) is 0. The van der Waals surface area contributed by atoms with Gasteiger partial charge in [0.15, 0.2) is 0 Å². The summed E-state index contributed by atoms with van der Waals surface area (Å²) in [6.45, 7) is 0.997. The van der Waals surface area contributed by atoms with Gasteiger partial charge in [0.25, 0.3) is 0 Å². The number of hydrogen-bond acceptors (Lipinski definition) is 3. The average molecular weight is 256 g/mol. The fourth-order valence-corrected chi connectivity index (χ4v) is 1.82. The Morgan fingerprint density at radius 3 is 1.68 bits per heavy atom. The summed E-state index contributed by atoms with van der Waals surface area (Å²) in [4.78, 5) is 16.0. The van der Waals surface area contributed by atoms with Crippen molar-refractivity contribution in [2.24, 2.45) is 5.73 Å². The van der Waals surface area contributed by atoms with E-state index in [4.69, 9.17) is 10.6 Å². The van der Waals surface area contributed by atoms with Crippen LogP contribution in [0.5, 0.6) is 0 Å². The standard InChI is InChI=1S/C15H16N2O2/c16-15(18)19-17(11-13-7-3-1-4-8-13)12-14-9-5-2-6-10-14/h1-10H,11-12H2,(H2,16,18). The molecule has 0 saturated carbocycles. The molecule has 19 heavy (non-hydrogen) atoms. The van der Waals surface area contributed by atoms with Crippen LogP contribution >= 0.6 is 0 Å². The fraction of sp³-hybridized carbons (Fsp3) is 0.133. The SMILES string of the molecule is NC(=O)ON(Cc1ccccc1)Cc1ccccc1. The first-order chi connectivity index (χ1) is 9.24. The van der Waals surface area contributed by atoms with Crippen molar-refractivity contribution in [3.05, 3.63) is 71.8 Å². The molecule has 0 aliphatic rings. The van der Waals surface area contributed by atoms with Crippen molar-refractivity contribution < 1.29 is 9.63 Å². The van der Waals surface area contributed by atoms with Crippen LogP contribution in [0, 0.1) is 0 Å². The molecule has 0 atom stereocenters. The largest absolute Gasteiger partial charge is 0.423 e. The zero-order valence-corrected chi connectivity index (χ0v) is 10.5. The van der Waals surface area contributed by atoms with E-state index in [1.165, 1.54) is 0 Å². The molecule has 98 valence electrons. The summed E-state index contributed by atoms with van der Waals surface area (Å²) in [5, 5.41) is 1.55. The number of hydrogen-bond donors (Lipinski definition) is 1. The zero-order valence-electron chi connectivity index (χ0n) is 10.5. The minimum atomic E-state index is -0.799. The van der Waals surface area contributed by atoms with Gasteiger partial charge in [-0.3, -0.25) is 0 Å². The first kappa shape index (κ1) is 13.1. The van der Waals surface area contributed by atoms with Gasteiger partial charge >= 0.3 is 6.09 Å². The molecule has 2 N–H and O–H groups in total. The molecule has 4 nitrogen and oxygen atoms in total. The highest BCUT2D eigenvalue weighted by atomic mass is 16.7. The molecule has 2 aromatic carbocycles. The lowest BCUT2D eigenvalue weighted by Gasteiger charge is -2.20. The number of carbonyl (C=O) groups is 1. The zero-order chi connectivity index (χ0) is 13.5. The predicted octanol–water partition coefficient (Wildman–Crippen LogP) is 2.70. The maximum Gasteiger partial charge on any atom is 0.423 e. The first-order valence-corrected chi connectivity index (χ1v) is 6.04. The third-order valence-corrected chi connectivity index (χ3v) is 2.62. The minimum Gasteiger partial charge on any atom is -0.351 e. The van der Waals surface area contributed by atoms with Gasteiger partial charge in [-0.1, -0.05) is 60.7 Å². The van der Waals surface area contributed by atoms with E-state index >= 15 is 0 Å². The summed E-state index contributed by atoms with van der Waals surface area (Å²) >= 11 is 0. The molecule has 0 heterocycles. The fourth-order valence-electron chi connectivity index (χ4n) is 1.82. The van der Waals surface area contributed by atoms with Crippen LogP contribution in [0.25, 0.3) is 0 Å². The Morgan fingerprint density at radius 2 is 1.32 bits per heavy atom. The Balaban J connectivity index is 2.06. The van der Waals surface area contributed by atoms with Gasteiger partial charge in [0, 0.05) is 0 Å². The van der Waals surface area contributed by atoms with Gasteiger partial charge in [-0.05, 0) is 11.1 Å². The number of nitrogens with two attached hydrogens (primary N) is 1. The minimum absolute atomic E-state index is 0.499. The molecular weight excluding hydrogens is 240 g/mol. The van der Waals surface area contributed by atoms with Crippen molar-refractivity contribution >= 4 is 6.09 Å². The van der Waals surface area contributed by atoms with Crippen molar-refractivity contribution in [1.82, 2.24) is 5.06 Å². The average Bonchev–Trinajstić information content (AvgIpc) is 2.40. The molecule has 0 bridgehead atoms. The molecule has 0 saturated heterocycles. The number of primary amides is 1. The van der Waals surface area contributed by atoms with E-state index in [9.17, 15) is 4.79 Å². The van der Waals surface area contributed by atoms with Gasteiger partial charge in [-0.2, -0.15) is 0 Å². The normalized spacial score (nSPS) is 10.4. The third kappa shape index (κ3) is 4.44. The van der Waals surface area contributed by atoms with Crippen LogP contribution < -0.4 is 5.73 Å². The van der Waals surface area contributed by atoms with Crippen molar-refractivity contribution in [2.75, 3.05) is 0 Å². The summed E-state index contributed by atoms with van der Waals surface area (Å²) in [6, 6.07) is 19.6. The third-order valence-electron chi connectivity index (χ3n) is 2.62. The molecule has 1 amide bonds. The molecule has 2 rings (SSSR count). The molecule has 0 aliphatic carbocycles. The lowest BCUT2D eigenvalue weighted by Crippen LogP contribution is -2.29. The van der Waals surface area contributed by atoms with Gasteiger partial charge in [0.05, 0.1) is 13.1 Å². The lowest BCUT2D eigenvalue weighted by atomic mass is 10.2. The van der Waals surface area contributed by atoms with Crippen molar-refractivity contribution in [3.63, 3.8) is 0 Å². The van der Waals surface area contributed by atoms with Gasteiger partial charge in [-0.15, -0.1) is 5.06 Å². The van der Waals surface area contributed by atoms with Crippen LogP contribution in [-0.4, -0.2) is 11.2 Å². The number of nitrogens with zero attached hydrogens (tertiary/aromatic N) is 1. The van der Waals surface area contributed by atoms with Gasteiger partial charge in [0.1, 0.15) is 0 Å². The van der Waals surface area contributed by atoms with Crippen LogP contribution in [-0.2, 0) is 17.9 Å². The van der Waals surface area contributed by atoms with E-state index in [2.05, 4.69) is 0 Å². The van der Waals surface area contributed by atoms with Gasteiger partial charge in [0.2, 0.25) is 0 Å². The Hall–Kier alpha value is -2.33. The van der Waals surface area contributed by atoms with Crippen LogP contribution in [0.4, 0.5) is 4.79 Å². The molecule has 0 unspecified atom stereocenters. The summed E-state index contributed by atoms with van der Waals surface area (Å²) in [6.07, 6.45) is -0.799.